The van der Waals surface area contributed by atoms with Gasteiger partial charge in [0, 0.05) is 23.5 Å². The number of carbonyl (C=O) groups excluding carboxylic acids is 2. The van der Waals surface area contributed by atoms with Crippen molar-refractivity contribution in [2.24, 2.45) is 0 Å². The number of hydrogen-bond acceptors (Lipinski definition) is 6. The van der Waals surface area contributed by atoms with Crippen LogP contribution in [0.15, 0.2) is 36.7 Å². The summed E-state index contributed by atoms with van der Waals surface area (Å²) in [5.41, 5.74) is 1.17. The minimum Gasteiger partial charge on any atom is -0.464 e. The lowest BCUT2D eigenvalue weighted by molar-refractivity contribution is 0.0583. The van der Waals surface area contributed by atoms with Gasteiger partial charge in [0.2, 0.25) is 0 Å². The van der Waals surface area contributed by atoms with Gasteiger partial charge in [0.25, 0.3) is 0 Å². The highest BCUT2D eigenvalue weighted by Crippen LogP contribution is 2.25. The molecule has 0 bridgehead atoms. The van der Waals surface area contributed by atoms with Crippen molar-refractivity contribution in [3.8, 4) is 11.1 Å². The Labute approximate surface area is 115 Å². The maximum Gasteiger partial charge on any atom is 0.357 e. The zero-order valence-corrected chi connectivity index (χ0v) is 11.0. The van der Waals surface area contributed by atoms with Crippen molar-refractivity contribution >= 4 is 11.9 Å². The molecule has 0 saturated carbocycles. The molecule has 0 aromatic carbocycles. The lowest BCUT2D eigenvalue weighted by Crippen LogP contribution is -2.10. The fourth-order valence-electron chi connectivity index (χ4n) is 1.76. The minimum absolute atomic E-state index is 0.119. The molecule has 0 aliphatic rings. The number of aromatic nitrogens is 2. The summed E-state index contributed by atoms with van der Waals surface area (Å²) in [6, 6.07) is 6.66. The van der Waals surface area contributed by atoms with Crippen LogP contribution in [0.3, 0.4) is 0 Å². The summed E-state index contributed by atoms with van der Waals surface area (Å²) in [5.74, 6) is -1.17. The number of esters is 2. The molecule has 2 aromatic rings. The van der Waals surface area contributed by atoms with Crippen LogP contribution in [0.2, 0.25) is 0 Å². The summed E-state index contributed by atoms with van der Waals surface area (Å²) >= 11 is 0. The fourth-order valence-corrected chi connectivity index (χ4v) is 1.76. The van der Waals surface area contributed by atoms with Gasteiger partial charge in [-0.1, -0.05) is 12.1 Å². The van der Waals surface area contributed by atoms with Crippen LogP contribution in [-0.4, -0.2) is 36.1 Å². The number of methoxy groups -OCH3 is 2. The van der Waals surface area contributed by atoms with Gasteiger partial charge >= 0.3 is 11.9 Å². The van der Waals surface area contributed by atoms with Crippen LogP contribution in [-0.2, 0) is 9.47 Å². The maximum atomic E-state index is 11.7. The number of carbonyl (C=O) groups is 2. The predicted molar refractivity (Wildman–Crippen MR) is 70.1 cm³/mol. The summed E-state index contributed by atoms with van der Waals surface area (Å²) in [7, 11) is 2.54. The number of rotatable bonds is 3. The number of ether oxygens (including phenoxy) is 2. The third-order valence-electron chi connectivity index (χ3n) is 2.66. The quantitative estimate of drug-likeness (QED) is 0.791. The van der Waals surface area contributed by atoms with Crippen LogP contribution in [0.25, 0.3) is 11.1 Å². The lowest BCUT2D eigenvalue weighted by Gasteiger charge is -2.09. The van der Waals surface area contributed by atoms with Crippen molar-refractivity contribution < 1.29 is 19.1 Å². The van der Waals surface area contributed by atoms with Crippen molar-refractivity contribution in [3.05, 3.63) is 48.0 Å². The summed E-state index contributed by atoms with van der Waals surface area (Å²) in [5, 5.41) is 0. The molecule has 102 valence electrons. The lowest BCUT2D eigenvalue weighted by atomic mass is 10.0. The molecule has 0 spiro atoms. The van der Waals surface area contributed by atoms with Gasteiger partial charge in [-0.3, -0.25) is 0 Å². The Morgan fingerprint density at radius 3 is 1.60 bits per heavy atom. The Bertz CT molecular complexity index is 598. The molecule has 0 aliphatic heterocycles. The molecule has 0 saturated heterocycles. The number of pyridine rings is 2. The van der Waals surface area contributed by atoms with Crippen molar-refractivity contribution in [1.29, 1.82) is 0 Å². The van der Waals surface area contributed by atoms with Crippen molar-refractivity contribution in [1.82, 2.24) is 9.97 Å². The van der Waals surface area contributed by atoms with Crippen LogP contribution < -0.4 is 0 Å². The average molecular weight is 272 g/mol. The highest BCUT2D eigenvalue weighted by molar-refractivity contribution is 6.00. The molecule has 6 nitrogen and oxygen atoms in total. The van der Waals surface area contributed by atoms with Gasteiger partial charge in [-0.05, 0) is 12.1 Å². The van der Waals surface area contributed by atoms with E-state index in [0.717, 1.165) is 0 Å². The minimum atomic E-state index is -0.583. The second-order valence-corrected chi connectivity index (χ2v) is 3.78. The van der Waals surface area contributed by atoms with Crippen molar-refractivity contribution in [2.45, 2.75) is 0 Å². The van der Waals surface area contributed by atoms with Crippen LogP contribution in [0.1, 0.15) is 21.0 Å². The number of nitrogens with zero attached hydrogens (tertiary/aromatic N) is 2. The van der Waals surface area contributed by atoms with Gasteiger partial charge < -0.3 is 9.47 Å². The van der Waals surface area contributed by atoms with Gasteiger partial charge in [0.15, 0.2) is 11.4 Å². The van der Waals surface area contributed by atoms with Crippen LogP contribution in [0.4, 0.5) is 0 Å². The highest BCUT2D eigenvalue weighted by Gasteiger charge is 2.20. The summed E-state index contributed by atoms with van der Waals surface area (Å²) in [6.07, 6.45) is 2.95. The number of hydrogen-bond donors (Lipinski definition) is 0. The monoisotopic (exact) mass is 272 g/mol. The third kappa shape index (κ3) is 2.49. The molecule has 0 N–H and O–H groups in total. The molecule has 0 unspecified atom stereocenters. The van der Waals surface area contributed by atoms with Gasteiger partial charge in [-0.15, -0.1) is 0 Å². The first-order valence-electron chi connectivity index (χ1n) is 5.76. The Morgan fingerprint density at radius 1 is 0.850 bits per heavy atom. The third-order valence-corrected chi connectivity index (χ3v) is 2.66. The molecule has 6 heteroatoms. The van der Waals surface area contributed by atoms with Gasteiger partial charge in [-0.2, -0.15) is 0 Å². The van der Waals surface area contributed by atoms with Crippen molar-refractivity contribution in [2.75, 3.05) is 14.2 Å². The van der Waals surface area contributed by atoms with E-state index in [1.54, 1.807) is 24.3 Å². The largest absolute Gasteiger partial charge is 0.464 e. The predicted octanol–water partition coefficient (Wildman–Crippen LogP) is 1.72. The Balaban J connectivity index is 2.64. The molecule has 2 rings (SSSR count). The summed E-state index contributed by atoms with van der Waals surface area (Å²) in [4.78, 5) is 31.5. The standard InChI is InChI=1S/C14H12N2O4/c1-19-13(17)11-9(5-3-7-15-11)10-6-4-8-16-12(10)14(18)20-2/h3-8H,1-2H3. The molecule has 0 atom stereocenters. The van der Waals surface area contributed by atoms with E-state index in [4.69, 9.17) is 0 Å². The Morgan fingerprint density at radius 2 is 1.25 bits per heavy atom. The molecular weight excluding hydrogens is 260 g/mol. The van der Waals surface area contributed by atoms with E-state index in [1.807, 2.05) is 0 Å². The van der Waals surface area contributed by atoms with E-state index >= 15 is 0 Å². The maximum absolute atomic E-state index is 11.7. The molecule has 2 heterocycles. The van der Waals surface area contributed by atoms with Crippen LogP contribution in [0, 0.1) is 0 Å². The van der Waals surface area contributed by atoms with E-state index in [2.05, 4.69) is 19.4 Å². The second kappa shape index (κ2) is 5.92. The molecule has 0 radical (unpaired) electrons. The Kier molecular flexibility index (Phi) is 4.05. The molecule has 20 heavy (non-hydrogen) atoms. The van der Waals surface area contributed by atoms with Crippen LogP contribution in [0.5, 0.6) is 0 Å². The second-order valence-electron chi connectivity index (χ2n) is 3.78. The summed E-state index contributed by atoms with van der Waals surface area (Å²) < 4.78 is 9.37. The van der Waals surface area contributed by atoms with Crippen molar-refractivity contribution in [3.63, 3.8) is 0 Å². The zero-order valence-electron chi connectivity index (χ0n) is 11.0. The SMILES string of the molecule is COC(=O)c1ncccc1-c1cccnc1C(=O)OC. The zero-order chi connectivity index (χ0) is 14.5. The fraction of sp³-hybridized carbons (Fsp3) is 0.143. The van der Waals surface area contributed by atoms with E-state index in [9.17, 15) is 9.59 Å². The molecule has 0 aliphatic carbocycles. The van der Waals surface area contributed by atoms with Gasteiger partial charge in [-0.25, -0.2) is 19.6 Å². The molecule has 2 aromatic heterocycles. The Hall–Kier alpha value is -2.76. The molecule has 0 fully saturated rings. The molecule has 0 amide bonds. The van der Waals surface area contributed by atoms with E-state index in [1.165, 1.54) is 26.6 Å². The first-order valence-corrected chi connectivity index (χ1v) is 5.76. The van der Waals surface area contributed by atoms with Gasteiger partial charge in [0.05, 0.1) is 14.2 Å². The topological polar surface area (TPSA) is 78.4 Å². The van der Waals surface area contributed by atoms with E-state index < -0.39 is 11.9 Å². The first-order chi connectivity index (χ1) is 9.69. The van der Waals surface area contributed by atoms with Crippen LogP contribution >= 0.6 is 0 Å². The van der Waals surface area contributed by atoms with E-state index in [-0.39, 0.29) is 11.4 Å². The first kappa shape index (κ1) is 13.7. The summed E-state index contributed by atoms with van der Waals surface area (Å²) in [6.45, 7) is 0. The van der Waals surface area contributed by atoms with Gasteiger partial charge in [0.1, 0.15) is 0 Å². The smallest absolute Gasteiger partial charge is 0.357 e. The average Bonchev–Trinajstić information content (AvgIpc) is 2.53. The normalized spacial score (nSPS) is 9.90. The van der Waals surface area contributed by atoms with E-state index in [0.29, 0.717) is 11.1 Å². The molecular formula is C14H12N2O4. The highest BCUT2D eigenvalue weighted by atomic mass is 16.5.